The summed E-state index contributed by atoms with van der Waals surface area (Å²) in [6.45, 7) is 4.64. The second-order valence-electron chi connectivity index (χ2n) is 4.95. The fourth-order valence-electron chi connectivity index (χ4n) is 2.55. The van der Waals surface area contributed by atoms with E-state index in [-0.39, 0.29) is 34.3 Å². The average molecular weight is 313 g/mol. The third kappa shape index (κ3) is 9.82. The Morgan fingerprint density at radius 1 is 0.812 bits per heavy atom. The number of rotatable bonds is 1. The molecule has 2 aliphatic carbocycles. The molecule has 2 saturated carbocycles. The smallest absolute Gasteiger partial charge is 0.358 e. The van der Waals surface area contributed by atoms with Crippen molar-refractivity contribution in [3.63, 3.8) is 0 Å². The van der Waals surface area contributed by atoms with Crippen molar-refractivity contribution < 1.29 is 19.5 Å². The average Bonchev–Trinajstić information content (AvgIpc) is 2.76. The molecule has 2 aliphatic rings. The minimum Gasteiger partial charge on any atom is -0.358 e. The number of hydrogen-bond donors (Lipinski definition) is 0. The van der Waals surface area contributed by atoms with Crippen molar-refractivity contribution in [3.05, 3.63) is 14.9 Å². The Morgan fingerprint density at radius 3 is 1.38 bits per heavy atom. The van der Waals surface area contributed by atoms with Gasteiger partial charge in [-0.25, -0.2) is 0 Å². The molecule has 0 radical (unpaired) electrons. The third-order valence-electron chi connectivity index (χ3n) is 3.70. The summed E-state index contributed by atoms with van der Waals surface area (Å²) in [5, 5.41) is 0. The molecule has 0 unspecified atom stereocenters. The molecule has 16 heavy (non-hydrogen) atoms. The van der Waals surface area contributed by atoms with Crippen molar-refractivity contribution in [1.82, 2.24) is 0 Å². The predicted octanol–water partition coefficient (Wildman–Crippen LogP) is 5.68. The molecule has 100 valence electrons. The second-order valence-corrected chi connectivity index (χ2v) is 4.95. The summed E-state index contributed by atoms with van der Waals surface area (Å²) in [5.41, 5.74) is 0. The van der Waals surface area contributed by atoms with Gasteiger partial charge in [-0.15, -0.1) is 0 Å². The van der Waals surface area contributed by atoms with Gasteiger partial charge in [0.25, 0.3) is 0 Å². The Balaban J connectivity index is -0.000000179. The monoisotopic (exact) mass is 314 g/mol. The van der Waals surface area contributed by atoms with Crippen molar-refractivity contribution in [3.8, 4) is 0 Å². The zero-order chi connectivity index (χ0) is 9.52. The van der Waals surface area contributed by atoms with Gasteiger partial charge < -0.3 is 14.9 Å². The molecule has 0 aromatic carbocycles. The molecule has 0 heterocycles. The summed E-state index contributed by atoms with van der Waals surface area (Å²) < 4.78 is 0. The van der Waals surface area contributed by atoms with Crippen molar-refractivity contribution >= 4 is 0 Å². The van der Waals surface area contributed by atoms with Crippen LogP contribution in [0.5, 0.6) is 0 Å². The first-order valence-corrected chi connectivity index (χ1v) is 6.33. The third-order valence-corrected chi connectivity index (χ3v) is 3.70. The summed E-state index contributed by atoms with van der Waals surface area (Å²) in [6, 6.07) is 0. The van der Waals surface area contributed by atoms with E-state index in [9.17, 15) is 0 Å². The Hall–Kier alpha value is 0.623. The first-order valence-electron chi connectivity index (χ1n) is 6.33. The van der Waals surface area contributed by atoms with Crippen LogP contribution in [0.15, 0.2) is 0 Å². The SMILES string of the molecule is CC1CCCC1.CCC1CCCC1.[CH3-].[CH3-].[Ru+2]. The van der Waals surface area contributed by atoms with Crippen LogP contribution in [0.2, 0.25) is 0 Å². The normalized spacial score (nSPS) is 19.9. The van der Waals surface area contributed by atoms with Gasteiger partial charge in [0.15, 0.2) is 0 Å². The molecule has 0 saturated heterocycles. The standard InChI is InChI=1S/C7H14.C6H12.2CH3.Ru/c1-2-7-5-3-4-6-7;1-6-4-2-3-5-6;;;/h7H,2-6H2,1H3;6H,2-5H2,1H3;2*1H3;/q;;2*-1;+2. The van der Waals surface area contributed by atoms with Crippen LogP contribution in [0, 0.1) is 26.7 Å². The minimum atomic E-state index is 0. The summed E-state index contributed by atoms with van der Waals surface area (Å²) in [4.78, 5) is 0. The molecule has 0 amide bonds. The Bertz CT molecular complexity index is 111. The van der Waals surface area contributed by atoms with Gasteiger partial charge in [0, 0.05) is 0 Å². The molecule has 0 N–H and O–H groups in total. The minimum absolute atomic E-state index is 0. The van der Waals surface area contributed by atoms with E-state index in [0.29, 0.717) is 0 Å². The molecule has 1 heteroatoms. The quantitative estimate of drug-likeness (QED) is 0.431. The maximum Gasteiger partial charge on any atom is 2.00 e. The van der Waals surface area contributed by atoms with E-state index >= 15 is 0 Å². The van der Waals surface area contributed by atoms with Crippen LogP contribution in [0.3, 0.4) is 0 Å². The van der Waals surface area contributed by atoms with Gasteiger partial charge in [-0.1, -0.05) is 71.6 Å². The van der Waals surface area contributed by atoms with Gasteiger partial charge in [-0.05, 0) is 11.8 Å². The van der Waals surface area contributed by atoms with Crippen molar-refractivity contribution in [1.29, 1.82) is 0 Å². The van der Waals surface area contributed by atoms with Gasteiger partial charge in [0.1, 0.15) is 0 Å². The van der Waals surface area contributed by atoms with Crippen molar-refractivity contribution in [2.45, 2.75) is 71.6 Å². The van der Waals surface area contributed by atoms with Crippen LogP contribution in [-0.4, -0.2) is 0 Å². The molecule has 0 aromatic rings. The van der Waals surface area contributed by atoms with Crippen LogP contribution in [0.1, 0.15) is 71.6 Å². The Morgan fingerprint density at radius 2 is 1.19 bits per heavy atom. The summed E-state index contributed by atoms with van der Waals surface area (Å²) >= 11 is 0. The molecule has 0 atom stereocenters. The van der Waals surface area contributed by atoms with Crippen LogP contribution in [-0.2, 0) is 19.5 Å². The van der Waals surface area contributed by atoms with E-state index in [2.05, 4.69) is 13.8 Å². The van der Waals surface area contributed by atoms with Crippen molar-refractivity contribution in [2.75, 3.05) is 0 Å². The van der Waals surface area contributed by atoms with Gasteiger partial charge >= 0.3 is 19.5 Å². The maximum atomic E-state index is 2.34. The van der Waals surface area contributed by atoms with E-state index in [1.807, 2.05) is 0 Å². The van der Waals surface area contributed by atoms with E-state index < -0.39 is 0 Å². The van der Waals surface area contributed by atoms with Gasteiger partial charge in [0.2, 0.25) is 0 Å². The molecule has 0 nitrogen and oxygen atoms in total. The topological polar surface area (TPSA) is 0 Å². The zero-order valence-corrected chi connectivity index (χ0v) is 13.6. The fraction of sp³-hybridized carbons (Fsp3) is 0.867. The molecule has 2 rings (SSSR count). The predicted molar refractivity (Wildman–Crippen MR) is 72.7 cm³/mol. The van der Waals surface area contributed by atoms with Gasteiger partial charge in [-0.3, -0.25) is 0 Å². The summed E-state index contributed by atoms with van der Waals surface area (Å²) in [7, 11) is 0. The zero-order valence-electron chi connectivity index (χ0n) is 11.9. The molecule has 0 bridgehead atoms. The van der Waals surface area contributed by atoms with E-state index in [1.165, 1.54) is 57.8 Å². The fourth-order valence-corrected chi connectivity index (χ4v) is 2.55. The van der Waals surface area contributed by atoms with E-state index in [0.717, 1.165) is 11.8 Å². The van der Waals surface area contributed by atoms with Crippen LogP contribution in [0.4, 0.5) is 0 Å². The van der Waals surface area contributed by atoms with Crippen LogP contribution >= 0.6 is 0 Å². The summed E-state index contributed by atoms with van der Waals surface area (Å²) in [6.07, 6.45) is 13.4. The van der Waals surface area contributed by atoms with Crippen LogP contribution in [0.25, 0.3) is 0 Å². The number of hydrogen-bond acceptors (Lipinski definition) is 0. The summed E-state index contributed by atoms with van der Waals surface area (Å²) in [5.74, 6) is 2.14. The van der Waals surface area contributed by atoms with E-state index in [4.69, 9.17) is 0 Å². The molecular weight excluding hydrogens is 281 g/mol. The van der Waals surface area contributed by atoms with Gasteiger partial charge in [0.05, 0.1) is 0 Å². The van der Waals surface area contributed by atoms with E-state index in [1.54, 1.807) is 0 Å². The van der Waals surface area contributed by atoms with Crippen LogP contribution < -0.4 is 0 Å². The molecular formula is C15H32Ru. The van der Waals surface area contributed by atoms with Gasteiger partial charge in [-0.2, -0.15) is 0 Å². The first kappa shape index (κ1) is 21.9. The Kier molecular flexibility index (Phi) is 18.7. The molecule has 0 spiro atoms. The largest absolute Gasteiger partial charge is 2.00 e. The molecule has 2 fully saturated rings. The van der Waals surface area contributed by atoms with Crippen molar-refractivity contribution in [2.24, 2.45) is 11.8 Å². The maximum absolute atomic E-state index is 2.34. The first-order chi connectivity index (χ1) is 6.33. The second kappa shape index (κ2) is 13.7. The Labute approximate surface area is 118 Å². The molecule has 0 aromatic heterocycles. The molecule has 0 aliphatic heterocycles.